The molecule has 0 fully saturated rings. The molecule has 5 heteroatoms. The van der Waals surface area contributed by atoms with Crippen LogP contribution in [0.3, 0.4) is 0 Å². The second kappa shape index (κ2) is 6.37. The van der Waals surface area contributed by atoms with Crippen molar-refractivity contribution in [3.8, 4) is 5.69 Å². The number of benzene rings is 2. The number of aromatic nitrogens is 3. The Morgan fingerprint density at radius 2 is 1.68 bits per heavy atom. The van der Waals surface area contributed by atoms with Crippen LogP contribution in [0.1, 0.15) is 21.7 Å². The molecule has 108 valence electrons. The third-order valence-corrected chi connectivity index (χ3v) is 3.40. The lowest BCUT2D eigenvalue weighted by Gasteiger charge is -2.03. The van der Waals surface area contributed by atoms with Gasteiger partial charge in [-0.05, 0) is 35.9 Å². The largest absolute Gasteiger partial charge is 0.296 e. The maximum Gasteiger partial charge on any atom is 0.172 e. The summed E-state index contributed by atoms with van der Waals surface area (Å²) in [5, 5.41) is 8.59. The fourth-order valence-corrected chi connectivity index (χ4v) is 2.18. The molecule has 0 saturated carbocycles. The van der Waals surface area contributed by atoms with Gasteiger partial charge in [0.2, 0.25) is 0 Å². The zero-order valence-corrected chi connectivity index (χ0v) is 12.3. The van der Waals surface area contributed by atoms with Crippen molar-refractivity contribution in [3.63, 3.8) is 0 Å². The van der Waals surface area contributed by atoms with Crippen molar-refractivity contribution >= 4 is 30.0 Å². The summed E-state index contributed by atoms with van der Waals surface area (Å²) in [5.74, 6) is 0. The van der Waals surface area contributed by atoms with Gasteiger partial charge >= 0.3 is 0 Å². The van der Waals surface area contributed by atoms with Gasteiger partial charge in [-0.25, -0.2) is 4.68 Å². The second-order valence-corrected chi connectivity index (χ2v) is 5.05. The number of aldehydes is 1. The Kier molecular flexibility index (Phi) is 4.12. The molecule has 0 aliphatic rings. The summed E-state index contributed by atoms with van der Waals surface area (Å²) in [4.78, 5) is 11.2. The molecule has 0 spiro atoms. The fourth-order valence-electron chi connectivity index (χ4n) is 2.05. The van der Waals surface area contributed by atoms with Crippen molar-refractivity contribution in [2.75, 3.05) is 0 Å². The summed E-state index contributed by atoms with van der Waals surface area (Å²) >= 11 is 5.90. The molecule has 1 aromatic heterocycles. The van der Waals surface area contributed by atoms with Crippen LogP contribution in [0.15, 0.2) is 54.6 Å². The van der Waals surface area contributed by atoms with Crippen LogP contribution in [0.2, 0.25) is 5.02 Å². The van der Waals surface area contributed by atoms with E-state index in [2.05, 4.69) is 10.3 Å². The van der Waals surface area contributed by atoms with Crippen LogP contribution in [0, 0.1) is 0 Å². The van der Waals surface area contributed by atoms with Crippen LogP contribution in [0.25, 0.3) is 17.8 Å². The molecule has 3 aromatic rings. The first-order valence-corrected chi connectivity index (χ1v) is 7.05. The average Bonchev–Trinajstić information content (AvgIpc) is 2.97. The summed E-state index contributed by atoms with van der Waals surface area (Å²) in [6.45, 7) is 0. The summed E-state index contributed by atoms with van der Waals surface area (Å²) < 4.78 is 1.61. The van der Waals surface area contributed by atoms with E-state index in [0.717, 1.165) is 11.3 Å². The van der Waals surface area contributed by atoms with E-state index in [1.807, 2.05) is 54.6 Å². The summed E-state index contributed by atoms with van der Waals surface area (Å²) in [6, 6.07) is 17.0. The van der Waals surface area contributed by atoms with E-state index in [-0.39, 0.29) is 0 Å². The first-order chi connectivity index (χ1) is 10.8. The van der Waals surface area contributed by atoms with E-state index in [9.17, 15) is 4.79 Å². The van der Waals surface area contributed by atoms with Gasteiger partial charge in [0.1, 0.15) is 0 Å². The first-order valence-electron chi connectivity index (χ1n) is 6.68. The molecule has 0 N–H and O–H groups in total. The van der Waals surface area contributed by atoms with Gasteiger partial charge in [0.25, 0.3) is 0 Å². The van der Waals surface area contributed by atoms with E-state index < -0.39 is 0 Å². The molecular formula is C17H12ClN3O. The minimum atomic E-state index is 0.294. The van der Waals surface area contributed by atoms with Crippen LogP contribution in [-0.4, -0.2) is 21.3 Å². The van der Waals surface area contributed by atoms with Crippen LogP contribution in [0.4, 0.5) is 0 Å². The zero-order chi connectivity index (χ0) is 15.4. The Labute approximate surface area is 132 Å². The van der Waals surface area contributed by atoms with Gasteiger partial charge in [-0.1, -0.05) is 53.2 Å². The standard InChI is InChI=1S/C17H12ClN3O/c18-14-7-9-15(10-8-14)21-17(16(12-22)19-20-21)11-6-13-4-2-1-3-5-13/h1-12H/b11-6+. The van der Waals surface area contributed by atoms with Crippen LogP contribution in [0.5, 0.6) is 0 Å². The highest BCUT2D eigenvalue weighted by Gasteiger charge is 2.11. The Morgan fingerprint density at radius 3 is 2.36 bits per heavy atom. The van der Waals surface area contributed by atoms with Crippen molar-refractivity contribution < 1.29 is 4.79 Å². The number of hydrogen-bond donors (Lipinski definition) is 0. The lowest BCUT2D eigenvalue weighted by molar-refractivity contribution is 0.111. The van der Waals surface area contributed by atoms with Crippen LogP contribution >= 0.6 is 11.6 Å². The SMILES string of the molecule is O=Cc1nnn(-c2ccc(Cl)cc2)c1/C=C/c1ccccc1. The molecule has 0 atom stereocenters. The summed E-state index contributed by atoms with van der Waals surface area (Å²) in [5.41, 5.74) is 2.74. The molecule has 22 heavy (non-hydrogen) atoms. The fraction of sp³-hybridized carbons (Fsp3) is 0. The third kappa shape index (κ3) is 2.97. The molecule has 0 bridgehead atoms. The minimum absolute atomic E-state index is 0.294. The Balaban J connectivity index is 2.02. The Hall–Kier alpha value is -2.72. The number of carbonyl (C=O) groups is 1. The number of nitrogens with zero attached hydrogens (tertiary/aromatic N) is 3. The van der Waals surface area contributed by atoms with E-state index >= 15 is 0 Å². The van der Waals surface area contributed by atoms with Gasteiger partial charge in [0.05, 0.1) is 11.4 Å². The van der Waals surface area contributed by atoms with Gasteiger partial charge in [-0.2, -0.15) is 0 Å². The average molecular weight is 310 g/mol. The van der Waals surface area contributed by atoms with E-state index in [1.54, 1.807) is 16.8 Å². The normalized spacial score (nSPS) is 11.0. The lowest BCUT2D eigenvalue weighted by atomic mass is 10.2. The quantitative estimate of drug-likeness (QED) is 0.687. The lowest BCUT2D eigenvalue weighted by Crippen LogP contribution is -1.99. The van der Waals surface area contributed by atoms with Crippen molar-refractivity contribution in [2.24, 2.45) is 0 Å². The number of carbonyl (C=O) groups excluding carboxylic acids is 1. The molecule has 4 nitrogen and oxygen atoms in total. The Morgan fingerprint density at radius 1 is 0.955 bits per heavy atom. The molecule has 0 amide bonds. The summed E-state index contributed by atoms with van der Waals surface area (Å²) in [7, 11) is 0. The van der Waals surface area contributed by atoms with Gasteiger partial charge in [-0.15, -0.1) is 5.10 Å². The molecule has 1 heterocycles. The molecule has 0 radical (unpaired) electrons. The number of rotatable bonds is 4. The van der Waals surface area contributed by atoms with Crippen LogP contribution < -0.4 is 0 Å². The predicted octanol–water partition coefficient (Wildman–Crippen LogP) is 3.90. The highest BCUT2D eigenvalue weighted by Crippen LogP contribution is 2.17. The smallest absolute Gasteiger partial charge is 0.172 e. The highest BCUT2D eigenvalue weighted by molar-refractivity contribution is 6.30. The molecular weight excluding hydrogens is 298 g/mol. The molecule has 3 rings (SSSR count). The van der Waals surface area contributed by atoms with Crippen molar-refractivity contribution in [1.82, 2.24) is 15.0 Å². The highest BCUT2D eigenvalue weighted by atomic mass is 35.5. The van der Waals surface area contributed by atoms with E-state index in [0.29, 0.717) is 22.7 Å². The van der Waals surface area contributed by atoms with Crippen molar-refractivity contribution in [1.29, 1.82) is 0 Å². The van der Waals surface area contributed by atoms with E-state index in [4.69, 9.17) is 11.6 Å². The maximum atomic E-state index is 11.2. The first kappa shape index (κ1) is 14.2. The van der Waals surface area contributed by atoms with Crippen molar-refractivity contribution in [3.05, 3.63) is 76.6 Å². The van der Waals surface area contributed by atoms with Gasteiger partial charge in [-0.3, -0.25) is 4.79 Å². The molecule has 0 aliphatic heterocycles. The predicted molar refractivity (Wildman–Crippen MR) is 87.1 cm³/mol. The second-order valence-electron chi connectivity index (χ2n) is 4.61. The van der Waals surface area contributed by atoms with Crippen LogP contribution in [-0.2, 0) is 0 Å². The molecule has 0 unspecified atom stereocenters. The molecule has 2 aromatic carbocycles. The molecule has 0 saturated heterocycles. The topological polar surface area (TPSA) is 47.8 Å². The minimum Gasteiger partial charge on any atom is -0.296 e. The van der Waals surface area contributed by atoms with Gasteiger partial charge in [0, 0.05) is 5.02 Å². The summed E-state index contributed by atoms with van der Waals surface area (Å²) in [6.07, 6.45) is 4.44. The van der Waals surface area contributed by atoms with Gasteiger partial charge in [0.15, 0.2) is 12.0 Å². The van der Waals surface area contributed by atoms with E-state index in [1.165, 1.54) is 0 Å². The monoisotopic (exact) mass is 309 g/mol. The number of hydrogen-bond acceptors (Lipinski definition) is 3. The zero-order valence-electron chi connectivity index (χ0n) is 11.6. The maximum absolute atomic E-state index is 11.2. The van der Waals surface area contributed by atoms with Crippen molar-refractivity contribution in [2.45, 2.75) is 0 Å². The molecule has 0 aliphatic carbocycles. The number of halogens is 1. The van der Waals surface area contributed by atoms with Gasteiger partial charge < -0.3 is 0 Å². The third-order valence-electron chi connectivity index (χ3n) is 3.15. The Bertz CT molecular complexity index is 808.